The number of carbonyl (C=O) groups is 2. The molecule has 2 amide bonds. The zero-order valence-electron chi connectivity index (χ0n) is 15.3. The van der Waals surface area contributed by atoms with Crippen LogP contribution in [0, 0.1) is 0 Å². The highest BCUT2D eigenvalue weighted by Gasteiger charge is 2.30. The van der Waals surface area contributed by atoms with Crippen molar-refractivity contribution >= 4 is 29.1 Å². The van der Waals surface area contributed by atoms with E-state index < -0.39 is 0 Å². The highest BCUT2D eigenvalue weighted by atomic mass is 35.5. The van der Waals surface area contributed by atoms with Crippen molar-refractivity contribution in [3.63, 3.8) is 0 Å². The fourth-order valence-electron chi connectivity index (χ4n) is 3.51. The molecule has 4 rings (SSSR count). The van der Waals surface area contributed by atoms with E-state index in [1.165, 1.54) is 0 Å². The van der Waals surface area contributed by atoms with Crippen molar-refractivity contribution in [2.45, 2.75) is 31.7 Å². The summed E-state index contributed by atoms with van der Waals surface area (Å²) >= 11 is 6.28. The third-order valence-corrected chi connectivity index (χ3v) is 5.20. The van der Waals surface area contributed by atoms with Crippen LogP contribution < -0.4 is 20.1 Å². The minimum absolute atomic E-state index is 0.0521. The summed E-state index contributed by atoms with van der Waals surface area (Å²) in [6, 6.07) is 11.2. The molecule has 2 aromatic carbocycles. The Morgan fingerprint density at radius 1 is 1.21 bits per heavy atom. The van der Waals surface area contributed by atoms with Crippen LogP contribution in [-0.2, 0) is 16.1 Å². The first-order valence-corrected chi connectivity index (χ1v) is 9.74. The van der Waals surface area contributed by atoms with E-state index in [4.69, 9.17) is 21.1 Å². The number of hydrogen-bond acceptors (Lipinski definition) is 4. The Morgan fingerprint density at radius 2 is 2.04 bits per heavy atom. The fraction of sp³-hybridized carbons (Fsp3) is 0.333. The zero-order chi connectivity index (χ0) is 19.5. The van der Waals surface area contributed by atoms with Gasteiger partial charge in [-0.15, -0.1) is 0 Å². The molecule has 0 saturated heterocycles. The monoisotopic (exact) mass is 400 g/mol. The number of carbonyl (C=O) groups excluding carboxylic acids is 2. The predicted octanol–water partition coefficient (Wildman–Crippen LogP) is 3.63. The van der Waals surface area contributed by atoms with Crippen molar-refractivity contribution in [2.75, 3.05) is 18.5 Å². The van der Waals surface area contributed by atoms with Gasteiger partial charge in [-0.05, 0) is 35.7 Å². The van der Waals surface area contributed by atoms with Crippen molar-refractivity contribution in [3.8, 4) is 11.5 Å². The van der Waals surface area contributed by atoms with Crippen LogP contribution in [0.3, 0.4) is 0 Å². The Morgan fingerprint density at radius 3 is 2.93 bits per heavy atom. The predicted molar refractivity (Wildman–Crippen MR) is 106 cm³/mol. The van der Waals surface area contributed by atoms with Gasteiger partial charge in [-0.3, -0.25) is 9.59 Å². The highest BCUT2D eigenvalue weighted by Crippen LogP contribution is 2.38. The summed E-state index contributed by atoms with van der Waals surface area (Å²) in [6.07, 6.45) is 1.54. The molecule has 0 bridgehead atoms. The summed E-state index contributed by atoms with van der Waals surface area (Å²) in [4.78, 5) is 24.4. The van der Waals surface area contributed by atoms with Gasteiger partial charge in [0.15, 0.2) is 11.5 Å². The topological polar surface area (TPSA) is 76.7 Å². The SMILES string of the molecule is O=C(CCC1C(=O)Nc2ccccc21)NCc1cc(Cl)c2c(c1)OCCCO2. The minimum Gasteiger partial charge on any atom is -0.489 e. The number of ether oxygens (including phenoxy) is 2. The standard InChI is InChI=1S/C21H21ClN2O4/c22-16-10-13(11-18-20(16)28-9-3-8-27-18)12-23-19(25)7-6-15-14-4-1-2-5-17(14)24-21(15)26/h1-2,4-5,10-11,15H,3,6-9,12H2,(H,23,25)(H,24,26). The number of para-hydroxylation sites is 1. The molecule has 7 heteroatoms. The quantitative estimate of drug-likeness (QED) is 0.803. The van der Waals surface area contributed by atoms with E-state index in [0.29, 0.717) is 42.7 Å². The van der Waals surface area contributed by atoms with Crippen molar-refractivity contribution in [3.05, 3.63) is 52.5 Å². The molecule has 0 saturated carbocycles. The number of fused-ring (bicyclic) bond motifs is 2. The van der Waals surface area contributed by atoms with Gasteiger partial charge in [0, 0.05) is 25.1 Å². The second kappa shape index (κ2) is 8.10. The van der Waals surface area contributed by atoms with Crippen molar-refractivity contribution < 1.29 is 19.1 Å². The molecular formula is C21H21ClN2O4. The molecule has 2 aliphatic heterocycles. The van der Waals surface area contributed by atoms with Gasteiger partial charge in [0.2, 0.25) is 11.8 Å². The van der Waals surface area contributed by atoms with E-state index in [1.807, 2.05) is 30.3 Å². The lowest BCUT2D eigenvalue weighted by Gasteiger charge is -2.13. The third-order valence-electron chi connectivity index (χ3n) is 4.92. The zero-order valence-corrected chi connectivity index (χ0v) is 16.1. The molecule has 0 aromatic heterocycles. The van der Waals surface area contributed by atoms with Crippen LogP contribution in [0.25, 0.3) is 0 Å². The van der Waals surface area contributed by atoms with Gasteiger partial charge in [-0.25, -0.2) is 0 Å². The largest absolute Gasteiger partial charge is 0.489 e. The van der Waals surface area contributed by atoms with Gasteiger partial charge >= 0.3 is 0 Å². The van der Waals surface area contributed by atoms with Gasteiger partial charge in [-0.1, -0.05) is 29.8 Å². The average Bonchev–Trinajstić information content (AvgIpc) is 2.84. The van der Waals surface area contributed by atoms with E-state index in [-0.39, 0.29) is 24.2 Å². The lowest BCUT2D eigenvalue weighted by molar-refractivity contribution is -0.121. The Kier molecular flexibility index (Phi) is 5.39. The molecule has 1 atom stereocenters. The Balaban J connectivity index is 1.33. The van der Waals surface area contributed by atoms with Crippen LogP contribution in [0.2, 0.25) is 5.02 Å². The van der Waals surface area contributed by atoms with Crippen LogP contribution in [0.4, 0.5) is 5.69 Å². The van der Waals surface area contributed by atoms with Gasteiger partial charge < -0.3 is 20.1 Å². The lowest BCUT2D eigenvalue weighted by atomic mass is 9.95. The van der Waals surface area contributed by atoms with E-state index in [9.17, 15) is 9.59 Å². The van der Waals surface area contributed by atoms with Crippen molar-refractivity contribution in [1.82, 2.24) is 5.32 Å². The van der Waals surface area contributed by atoms with Crippen molar-refractivity contribution in [1.29, 1.82) is 0 Å². The van der Waals surface area contributed by atoms with E-state index >= 15 is 0 Å². The number of amides is 2. The number of nitrogens with one attached hydrogen (secondary N) is 2. The first kappa shape index (κ1) is 18.6. The summed E-state index contributed by atoms with van der Waals surface area (Å²) in [5.41, 5.74) is 2.63. The number of halogens is 1. The molecule has 146 valence electrons. The van der Waals surface area contributed by atoms with E-state index in [1.54, 1.807) is 6.07 Å². The van der Waals surface area contributed by atoms with Gasteiger partial charge in [0.25, 0.3) is 0 Å². The number of hydrogen-bond donors (Lipinski definition) is 2. The van der Waals surface area contributed by atoms with Crippen LogP contribution in [0.15, 0.2) is 36.4 Å². The Labute approximate surface area is 168 Å². The smallest absolute Gasteiger partial charge is 0.232 e. The lowest BCUT2D eigenvalue weighted by Crippen LogP contribution is -2.24. The molecule has 1 unspecified atom stereocenters. The second-order valence-electron chi connectivity index (χ2n) is 6.90. The molecule has 2 N–H and O–H groups in total. The Hall–Kier alpha value is -2.73. The third kappa shape index (κ3) is 3.92. The molecule has 0 aliphatic carbocycles. The number of benzene rings is 2. The first-order valence-electron chi connectivity index (χ1n) is 9.36. The number of rotatable bonds is 5. The van der Waals surface area contributed by atoms with E-state index in [2.05, 4.69) is 10.6 Å². The Bertz CT molecular complexity index is 915. The molecule has 2 heterocycles. The second-order valence-corrected chi connectivity index (χ2v) is 7.31. The molecule has 6 nitrogen and oxygen atoms in total. The molecule has 0 fully saturated rings. The highest BCUT2D eigenvalue weighted by molar-refractivity contribution is 6.32. The maximum Gasteiger partial charge on any atom is 0.232 e. The fourth-order valence-corrected chi connectivity index (χ4v) is 3.80. The van der Waals surface area contributed by atoms with Crippen LogP contribution in [0.1, 0.15) is 36.3 Å². The maximum atomic E-state index is 12.3. The summed E-state index contributed by atoms with van der Waals surface area (Å²) < 4.78 is 11.3. The number of anilines is 1. The molecule has 2 aliphatic rings. The molecular weight excluding hydrogens is 380 g/mol. The van der Waals surface area contributed by atoms with E-state index in [0.717, 1.165) is 23.2 Å². The molecule has 28 heavy (non-hydrogen) atoms. The summed E-state index contributed by atoms with van der Waals surface area (Å²) in [7, 11) is 0. The van der Waals surface area contributed by atoms with Gasteiger partial charge in [-0.2, -0.15) is 0 Å². The molecule has 0 spiro atoms. The van der Waals surface area contributed by atoms with Crippen molar-refractivity contribution in [2.24, 2.45) is 0 Å². The van der Waals surface area contributed by atoms with Gasteiger partial charge in [0.05, 0.1) is 24.2 Å². The van der Waals surface area contributed by atoms with Crippen LogP contribution in [0.5, 0.6) is 11.5 Å². The average molecular weight is 401 g/mol. The summed E-state index contributed by atoms with van der Waals surface area (Å²) in [6.45, 7) is 1.48. The first-order chi connectivity index (χ1) is 13.6. The summed E-state index contributed by atoms with van der Waals surface area (Å²) in [5, 5.41) is 6.22. The van der Waals surface area contributed by atoms with Crippen LogP contribution >= 0.6 is 11.6 Å². The molecule has 2 aromatic rings. The normalized spacial score (nSPS) is 17.5. The van der Waals surface area contributed by atoms with Crippen LogP contribution in [-0.4, -0.2) is 25.0 Å². The maximum absolute atomic E-state index is 12.3. The van der Waals surface area contributed by atoms with Gasteiger partial charge in [0.1, 0.15) is 0 Å². The summed E-state index contributed by atoms with van der Waals surface area (Å²) in [5.74, 6) is 0.715. The minimum atomic E-state index is -0.283. The molecule has 0 radical (unpaired) electrons.